The molecule has 0 amide bonds. The Hall–Kier alpha value is -4.09. The third kappa shape index (κ3) is 4.95. The lowest BCUT2D eigenvalue weighted by molar-refractivity contribution is -0.137. The van der Waals surface area contributed by atoms with Crippen molar-refractivity contribution in [1.82, 2.24) is 19.6 Å². The summed E-state index contributed by atoms with van der Waals surface area (Å²) in [5.41, 5.74) is -0.484. The van der Waals surface area contributed by atoms with E-state index in [1.165, 1.54) is 36.9 Å². The van der Waals surface area contributed by atoms with Crippen LogP contribution in [0.3, 0.4) is 0 Å². The molecule has 4 aromatic rings. The van der Waals surface area contributed by atoms with Gasteiger partial charge in [0.1, 0.15) is 23.9 Å². The molecule has 4 rings (SSSR count). The lowest BCUT2D eigenvalue weighted by atomic mass is 10.0. The van der Waals surface area contributed by atoms with Gasteiger partial charge < -0.3 is 4.74 Å². The van der Waals surface area contributed by atoms with E-state index in [4.69, 9.17) is 4.74 Å². The number of hydrogen-bond acceptors (Lipinski definition) is 9. The van der Waals surface area contributed by atoms with Crippen molar-refractivity contribution in [2.45, 2.75) is 11.1 Å². The first-order chi connectivity index (χ1) is 16.2. The van der Waals surface area contributed by atoms with E-state index in [9.17, 15) is 26.9 Å². The average Bonchev–Trinajstić information content (AvgIpc) is 3.31. The molecule has 34 heavy (non-hydrogen) atoms. The van der Waals surface area contributed by atoms with Gasteiger partial charge in [-0.25, -0.2) is 13.4 Å². The summed E-state index contributed by atoms with van der Waals surface area (Å²) in [4.78, 5) is 3.47. The van der Waals surface area contributed by atoms with Crippen molar-refractivity contribution in [2.24, 2.45) is 0 Å². The van der Waals surface area contributed by atoms with Crippen molar-refractivity contribution in [3.63, 3.8) is 0 Å². The first-order valence-electron chi connectivity index (χ1n) is 9.17. The molecule has 9 nitrogen and oxygen atoms in total. The maximum atomic E-state index is 13.3. The van der Waals surface area contributed by atoms with E-state index in [1.54, 1.807) is 6.07 Å². The zero-order chi connectivity index (χ0) is 24.3. The largest absolute Gasteiger partial charge is 0.455 e. The van der Waals surface area contributed by atoms with Gasteiger partial charge in [-0.2, -0.15) is 33.0 Å². The number of ether oxygens (including phenoxy) is 1. The molecule has 0 radical (unpaired) electrons. The molecule has 0 unspecified atom stereocenters. The van der Waals surface area contributed by atoms with E-state index in [-0.39, 0.29) is 32.7 Å². The number of sulfonamides is 1. The second-order valence-corrected chi connectivity index (χ2v) is 9.03. The number of aromatic nitrogens is 4. The zero-order valence-corrected chi connectivity index (χ0v) is 18.3. The Kier molecular flexibility index (Phi) is 6.14. The first-order valence-corrected chi connectivity index (χ1v) is 11.4. The van der Waals surface area contributed by atoms with E-state index >= 15 is 0 Å². The highest BCUT2D eigenvalue weighted by atomic mass is 32.2. The van der Waals surface area contributed by atoms with Gasteiger partial charge in [0, 0.05) is 22.7 Å². The minimum atomic E-state index is -4.64. The van der Waals surface area contributed by atoms with Crippen LogP contribution in [0.5, 0.6) is 11.5 Å². The molecule has 0 aliphatic heterocycles. The summed E-state index contributed by atoms with van der Waals surface area (Å²) >= 11 is 0.820. The number of nitrogens with zero attached hydrogens (tertiary/aromatic N) is 5. The van der Waals surface area contributed by atoms with E-state index in [0.717, 1.165) is 35.8 Å². The van der Waals surface area contributed by atoms with Crippen LogP contribution in [0.15, 0.2) is 66.1 Å². The molecule has 2 heterocycles. The van der Waals surface area contributed by atoms with Crippen LogP contribution >= 0.6 is 11.5 Å². The molecule has 0 bridgehead atoms. The van der Waals surface area contributed by atoms with Gasteiger partial charge in [0.15, 0.2) is 0 Å². The second kappa shape index (κ2) is 9.04. The normalized spacial score (nSPS) is 11.6. The van der Waals surface area contributed by atoms with Gasteiger partial charge in [0.25, 0.3) is 10.0 Å². The van der Waals surface area contributed by atoms with E-state index in [0.29, 0.717) is 5.56 Å². The topological polar surface area (TPSA) is 131 Å². The summed E-state index contributed by atoms with van der Waals surface area (Å²) in [7, 11) is -4.10. The lowest BCUT2D eigenvalue weighted by Gasteiger charge is -2.15. The number of benzene rings is 2. The highest BCUT2D eigenvalue weighted by Crippen LogP contribution is 2.39. The van der Waals surface area contributed by atoms with Gasteiger partial charge in [0.2, 0.25) is 5.13 Å². The van der Waals surface area contributed by atoms with Crippen LogP contribution in [0.4, 0.5) is 18.3 Å². The van der Waals surface area contributed by atoms with Crippen LogP contribution in [0.2, 0.25) is 0 Å². The number of rotatable bonds is 6. The molecule has 172 valence electrons. The molecule has 0 spiro atoms. The van der Waals surface area contributed by atoms with Crippen molar-refractivity contribution in [3.8, 4) is 28.7 Å². The highest BCUT2D eigenvalue weighted by molar-refractivity contribution is 7.93. The highest BCUT2D eigenvalue weighted by Gasteiger charge is 2.31. The minimum absolute atomic E-state index is 0.0263. The summed E-state index contributed by atoms with van der Waals surface area (Å²) in [6.07, 6.45) is -0.762. The van der Waals surface area contributed by atoms with E-state index < -0.39 is 21.8 Å². The van der Waals surface area contributed by atoms with Crippen LogP contribution in [-0.2, 0) is 16.2 Å². The molecule has 2 aromatic heterocycles. The molecule has 0 saturated heterocycles. The molecule has 0 aliphatic carbocycles. The van der Waals surface area contributed by atoms with Gasteiger partial charge in [0.05, 0.1) is 28.4 Å². The Morgan fingerprint density at radius 3 is 2.53 bits per heavy atom. The molecular formula is C20H11F3N6O3S2. The molecule has 14 heteroatoms. The number of nitriles is 1. The monoisotopic (exact) mass is 504 g/mol. The van der Waals surface area contributed by atoms with Crippen molar-refractivity contribution < 1.29 is 26.3 Å². The maximum absolute atomic E-state index is 13.3. The molecule has 0 fully saturated rings. The molecule has 0 saturated carbocycles. The Bertz CT molecular complexity index is 1470. The fourth-order valence-electron chi connectivity index (χ4n) is 2.83. The number of anilines is 1. The van der Waals surface area contributed by atoms with Crippen molar-refractivity contribution >= 4 is 26.7 Å². The summed E-state index contributed by atoms with van der Waals surface area (Å²) in [5, 5.41) is 16.9. The van der Waals surface area contributed by atoms with Crippen LogP contribution < -0.4 is 9.46 Å². The fourth-order valence-corrected chi connectivity index (χ4v) is 4.52. The van der Waals surface area contributed by atoms with Gasteiger partial charge >= 0.3 is 6.18 Å². The maximum Gasteiger partial charge on any atom is 0.416 e. The summed E-state index contributed by atoms with van der Waals surface area (Å²) in [6.45, 7) is 0. The van der Waals surface area contributed by atoms with Crippen molar-refractivity contribution in [3.05, 3.63) is 72.3 Å². The Labute approximate surface area is 194 Å². The van der Waals surface area contributed by atoms with E-state index in [2.05, 4.69) is 24.3 Å². The zero-order valence-electron chi connectivity index (χ0n) is 16.7. The SMILES string of the molecule is N#Cc1cc(S(=O)(=O)Nc2ncns2)ccc1Oc1cc(C(F)(F)F)ccc1-c1ccnnc1. The van der Waals surface area contributed by atoms with Gasteiger partial charge in [-0.1, -0.05) is 0 Å². The van der Waals surface area contributed by atoms with Crippen LogP contribution in [0.1, 0.15) is 11.1 Å². The third-order valence-electron chi connectivity index (χ3n) is 4.39. The number of halogens is 3. The molecule has 0 atom stereocenters. The minimum Gasteiger partial charge on any atom is -0.455 e. The quantitative estimate of drug-likeness (QED) is 0.407. The third-order valence-corrected chi connectivity index (χ3v) is 6.43. The average molecular weight is 504 g/mol. The van der Waals surface area contributed by atoms with E-state index in [1.807, 2.05) is 0 Å². The van der Waals surface area contributed by atoms with Gasteiger partial charge in [-0.15, -0.1) is 0 Å². The number of alkyl halides is 3. The van der Waals surface area contributed by atoms with Gasteiger partial charge in [-0.3, -0.25) is 4.72 Å². The standard InChI is InChI=1S/C20H11F3N6O3S2/c21-20(22,23)14-1-3-16(12-5-6-26-27-10-12)18(8-14)32-17-4-2-15(7-13(17)9-24)34(30,31)29-19-25-11-28-33-19/h1-8,10-11H,(H,25,28,29). The number of hydrogen-bond donors (Lipinski definition) is 1. The first kappa shape index (κ1) is 23.1. The lowest BCUT2D eigenvalue weighted by Crippen LogP contribution is -2.13. The summed E-state index contributed by atoms with van der Waals surface area (Å²) < 4.78 is 76.7. The Morgan fingerprint density at radius 1 is 1.06 bits per heavy atom. The predicted octanol–water partition coefficient (Wildman–Crippen LogP) is 4.48. The predicted molar refractivity (Wildman–Crippen MR) is 114 cm³/mol. The Balaban J connectivity index is 1.74. The van der Waals surface area contributed by atoms with Crippen molar-refractivity contribution in [2.75, 3.05) is 4.72 Å². The molecular weight excluding hydrogens is 493 g/mol. The Morgan fingerprint density at radius 2 is 1.88 bits per heavy atom. The summed E-state index contributed by atoms with van der Waals surface area (Å²) in [6, 6.07) is 9.61. The summed E-state index contributed by atoms with van der Waals surface area (Å²) in [5.74, 6) is -0.345. The molecule has 2 aromatic carbocycles. The van der Waals surface area contributed by atoms with Crippen LogP contribution in [0, 0.1) is 11.3 Å². The molecule has 0 aliphatic rings. The van der Waals surface area contributed by atoms with Crippen LogP contribution in [0.25, 0.3) is 11.1 Å². The number of nitrogens with one attached hydrogen (secondary N) is 1. The smallest absolute Gasteiger partial charge is 0.416 e. The van der Waals surface area contributed by atoms with Gasteiger partial charge in [-0.05, 0) is 42.5 Å². The second-order valence-electron chi connectivity index (χ2n) is 6.56. The van der Waals surface area contributed by atoms with Crippen LogP contribution in [-0.4, -0.2) is 28.0 Å². The molecule has 1 N–H and O–H groups in total. The fraction of sp³-hybridized carbons (Fsp3) is 0.0500. The van der Waals surface area contributed by atoms with Crippen molar-refractivity contribution in [1.29, 1.82) is 5.26 Å².